The summed E-state index contributed by atoms with van der Waals surface area (Å²) >= 11 is 0. The van der Waals surface area contributed by atoms with E-state index in [9.17, 15) is 0 Å². The Balaban J connectivity index is 2.47. The van der Waals surface area contributed by atoms with Crippen LogP contribution in [0.4, 0.5) is 11.4 Å². The van der Waals surface area contributed by atoms with Crippen molar-refractivity contribution in [3.63, 3.8) is 0 Å². The van der Waals surface area contributed by atoms with Crippen molar-refractivity contribution in [3.8, 4) is 0 Å². The normalized spacial score (nSPS) is 10.4. The summed E-state index contributed by atoms with van der Waals surface area (Å²) < 4.78 is 0. The van der Waals surface area contributed by atoms with Crippen molar-refractivity contribution in [1.82, 2.24) is 0 Å². The van der Waals surface area contributed by atoms with Gasteiger partial charge in [-0.15, -0.1) is 0 Å². The number of nitrogens with one attached hydrogen (secondary N) is 1. The topological polar surface area (TPSA) is 38.0 Å². The van der Waals surface area contributed by atoms with Gasteiger partial charge in [-0.25, -0.2) is 0 Å². The Kier molecular flexibility index (Phi) is 3.20. The number of rotatable bonds is 3. The van der Waals surface area contributed by atoms with Crippen LogP contribution in [0.25, 0.3) is 0 Å². The molecule has 0 spiro atoms. The lowest BCUT2D eigenvalue weighted by molar-refractivity contribution is 1.33. The standard InChI is InChI=1S/C10H14N2/c1-2-3-8-12-10-6-4-9(11)5-7-10/h2-7,12H,8,11H2,1H3/b3-2+. The van der Waals surface area contributed by atoms with Gasteiger partial charge >= 0.3 is 0 Å². The second kappa shape index (κ2) is 4.44. The van der Waals surface area contributed by atoms with Gasteiger partial charge in [-0.3, -0.25) is 0 Å². The first-order valence-corrected chi connectivity index (χ1v) is 4.03. The first-order valence-electron chi connectivity index (χ1n) is 4.03. The van der Waals surface area contributed by atoms with Crippen molar-refractivity contribution < 1.29 is 0 Å². The van der Waals surface area contributed by atoms with E-state index in [0.717, 1.165) is 17.9 Å². The SMILES string of the molecule is C/C=C/CNc1ccc(N)cc1. The summed E-state index contributed by atoms with van der Waals surface area (Å²) in [6.45, 7) is 2.87. The Bertz CT molecular complexity index is 249. The average molecular weight is 162 g/mol. The van der Waals surface area contributed by atoms with Crippen LogP contribution in [0.3, 0.4) is 0 Å². The minimum atomic E-state index is 0.798. The van der Waals surface area contributed by atoms with Crippen LogP contribution < -0.4 is 11.1 Å². The number of benzene rings is 1. The minimum absolute atomic E-state index is 0.798. The van der Waals surface area contributed by atoms with E-state index in [0.29, 0.717) is 0 Å². The smallest absolute Gasteiger partial charge is 0.0344 e. The maximum atomic E-state index is 5.54. The Hall–Kier alpha value is -1.44. The van der Waals surface area contributed by atoms with Gasteiger partial charge in [0, 0.05) is 17.9 Å². The third-order valence-electron chi connectivity index (χ3n) is 1.57. The molecule has 1 rings (SSSR count). The molecule has 3 N–H and O–H groups in total. The Morgan fingerprint density at radius 2 is 2.00 bits per heavy atom. The predicted molar refractivity (Wildman–Crippen MR) is 54.2 cm³/mol. The Morgan fingerprint density at radius 1 is 1.33 bits per heavy atom. The van der Waals surface area contributed by atoms with E-state index in [1.807, 2.05) is 37.3 Å². The molecule has 0 amide bonds. The van der Waals surface area contributed by atoms with E-state index in [-0.39, 0.29) is 0 Å². The number of nitrogen functional groups attached to an aromatic ring is 1. The summed E-state index contributed by atoms with van der Waals surface area (Å²) in [5, 5.41) is 3.23. The molecule has 0 unspecified atom stereocenters. The number of hydrogen-bond donors (Lipinski definition) is 2. The zero-order valence-corrected chi connectivity index (χ0v) is 7.25. The fourth-order valence-electron chi connectivity index (χ4n) is 0.896. The molecule has 0 atom stereocenters. The molecule has 1 aromatic carbocycles. The molecule has 0 aliphatic heterocycles. The summed E-state index contributed by atoms with van der Waals surface area (Å²) in [5.74, 6) is 0. The maximum Gasteiger partial charge on any atom is 0.0344 e. The molecule has 2 nitrogen and oxygen atoms in total. The van der Waals surface area contributed by atoms with E-state index in [2.05, 4.69) is 11.4 Å². The van der Waals surface area contributed by atoms with Crippen molar-refractivity contribution in [3.05, 3.63) is 36.4 Å². The van der Waals surface area contributed by atoms with Gasteiger partial charge in [0.2, 0.25) is 0 Å². The highest BCUT2D eigenvalue weighted by molar-refractivity contribution is 5.51. The average Bonchev–Trinajstić information content (AvgIpc) is 2.09. The monoisotopic (exact) mass is 162 g/mol. The third-order valence-corrected chi connectivity index (χ3v) is 1.57. The van der Waals surface area contributed by atoms with Crippen molar-refractivity contribution in [2.75, 3.05) is 17.6 Å². The summed E-state index contributed by atoms with van der Waals surface area (Å²) in [7, 11) is 0. The summed E-state index contributed by atoms with van der Waals surface area (Å²) in [5.41, 5.74) is 7.44. The number of anilines is 2. The lowest BCUT2D eigenvalue weighted by Crippen LogP contribution is -1.97. The van der Waals surface area contributed by atoms with Crippen LogP contribution >= 0.6 is 0 Å². The maximum absolute atomic E-state index is 5.54. The molecule has 0 saturated carbocycles. The molecule has 0 aliphatic rings. The molecular formula is C10H14N2. The highest BCUT2D eigenvalue weighted by Gasteiger charge is 1.87. The third kappa shape index (κ3) is 2.66. The van der Waals surface area contributed by atoms with E-state index >= 15 is 0 Å². The molecular weight excluding hydrogens is 148 g/mol. The largest absolute Gasteiger partial charge is 0.399 e. The van der Waals surface area contributed by atoms with Crippen LogP contribution in [-0.2, 0) is 0 Å². The van der Waals surface area contributed by atoms with Crippen LogP contribution in [0.5, 0.6) is 0 Å². The minimum Gasteiger partial charge on any atom is -0.399 e. The van der Waals surface area contributed by atoms with Gasteiger partial charge in [-0.1, -0.05) is 12.2 Å². The van der Waals surface area contributed by atoms with Gasteiger partial charge < -0.3 is 11.1 Å². The van der Waals surface area contributed by atoms with E-state index < -0.39 is 0 Å². The summed E-state index contributed by atoms with van der Waals surface area (Å²) in [6, 6.07) is 7.72. The van der Waals surface area contributed by atoms with Crippen molar-refractivity contribution in [1.29, 1.82) is 0 Å². The van der Waals surface area contributed by atoms with E-state index in [1.54, 1.807) is 0 Å². The molecule has 0 aromatic heterocycles. The van der Waals surface area contributed by atoms with E-state index in [4.69, 9.17) is 5.73 Å². The lowest BCUT2D eigenvalue weighted by atomic mass is 10.3. The summed E-state index contributed by atoms with van der Waals surface area (Å²) in [6.07, 6.45) is 4.08. The van der Waals surface area contributed by atoms with Crippen molar-refractivity contribution in [2.45, 2.75) is 6.92 Å². The van der Waals surface area contributed by atoms with Crippen LogP contribution in [0.15, 0.2) is 36.4 Å². The fourth-order valence-corrected chi connectivity index (χ4v) is 0.896. The second-order valence-electron chi connectivity index (χ2n) is 2.57. The van der Waals surface area contributed by atoms with E-state index in [1.165, 1.54) is 0 Å². The molecule has 12 heavy (non-hydrogen) atoms. The predicted octanol–water partition coefficient (Wildman–Crippen LogP) is 2.26. The van der Waals surface area contributed by atoms with Gasteiger partial charge in [0.1, 0.15) is 0 Å². The van der Waals surface area contributed by atoms with Crippen LogP contribution in [0.2, 0.25) is 0 Å². The molecule has 0 fully saturated rings. The van der Waals surface area contributed by atoms with Gasteiger partial charge in [0.15, 0.2) is 0 Å². The van der Waals surface area contributed by atoms with Crippen LogP contribution in [0.1, 0.15) is 6.92 Å². The molecule has 0 aliphatic carbocycles. The molecule has 0 bridgehead atoms. The Morgan fingerprint density at radius 3 is 2.58 bits per heavy atom. The van der Waals surface area contributed by atoms with Crippen molar-refractivity contribution in [2.24, 2.45) is 0 Å². The highest BCUT2D eigenvalue weighted by Crippen LogP contribution is 2.09. The molecule has 0 radical (unpaired) electrons. The quantitative estimate of drug-likeness (QED) is 0.528. The van der Waals surface area contributed by atoms with Gasteiger partial charge in [0.05, 0.1) is 0 Å². The second-order valence-corrected chi connectivity index (χ2v) is 2.57. The molecule has 1 aromatic rings. The number of hydrogen-bond acceptors (Lipinski definition) is 2. The van der Waals surface area contributed by atoms with Crippen LogP contribution in [-0.4, -0.2) is 6.54 Å². The van der Waals surface area contributed by atoms with Crippen molar-refractivity contribution >= 4 is 11.4 Å². The fraction of sp³-hybridized carbons (Fsp3) is 0.200. The molecule has 0 saturated heterocycles. The first-order chi connectivity index (χ1) is 5.83. The Labute approximate surface area is 73.1 Å². The molecule has 0 heterocycles. The van der Waals surface area contributed by atoms with Gasteiger partial charge in [-0.2, -0.15) is 0 Å². The highest BCUT2D eigenvalue weighted by atomic mass is 14.8. The van der Waals surface area contributed by atoms with Gasteiger partial charge in [-0.05, 0) is 31.2 Å². The zero-order valence-electron chi connectivity index (χ0n) is 7.25. The number of nitrogens with two attached hydrogens (primary N) is 1. The lowest BCUT2D eigenvalue weighted by Gasteiger charge is -2.02. The zero-order chi connectivity index (χ0) is 8.81. The number of allylic oxidation sites excluding steroid dienone is 1. The van der Waals surface area contributed by atoms with Crippen LogP contribution in [0, 0.1) is 0 Å². The molecule has 2 heteroatoms. The summed E-state index contributed by atoms with van der Waals surface area (Å²) in [4.78, 5) is 0. The molecule has 64 valence electrons. The van der Waals surface area contributed by atoms with Gasteiger partial charge in [0.25, 0.3) is 0 Å². The first kappa shape index (κ1) is 8.65.